The molecule has 0 saturated carbocycles. The van der Waals surface area contributed by atoms with E-state index in [2.05, 4.69) is 20.3 Å². The minimum atomic E-state index is -0.476. The highest BCUT2D eigenvalue weighted by molar-refractivity contribution is 6.29. The average Bonchev–Trinajstić information content (AvgIpc) is 2.49. The number of ether oxygens (including phenoxy) is 1. The monoisotopic (exact) mass is 308 g/mol. The first-order valence-electron chi connectivity index (χ1n) is 6.73. The van der Waals surface area contributed by atoms with Crippen LogP contribution in [-0.2, 0) is 0 Å². The van der Waals surface area contributed by atoms with Crippen molar-refractivity contribution in [1.29, 1.82) is 0 Å². The molecule has 1 aliphatic rings. The van der Waals surface area contributed by atoms with Crippen LogP contribution in [0.3, 0.4) is 0 Å². The smallest absolute Gasteiger partial charge is 0.232 e. The second-order valence-electron chi connectivity index (χ2n) is 4.79. The molecule has 0 aromatic carbocycles. The van der Waals surface area contributed by atoms with E-state index in [1.165, 1.54) is 18.6 Å². The summed E-state index contributed by atoms with van der Waals surface area (Å²) in [5.74, 6) is -0.0238. The van der Waals surface area contributed by atoms with Crippen molar-refractivity contribution in [2.45, 2.75) is 18.9 Å². The van der Waals surface area contributed by atoms with Gasteiger partial charge in [0.2, 0.25) is 5.88 Å². The van der Waals surface area contributed by atoms with Crippen molar-refractivity contribution in [1.82, 2.24) is 20.3 Å². The molecule has 3 rings (SSSR count). The Morgan fingerprint density at radius 1 is 1.14 bits per heavy atom. The standard InChI is InChI=1S/C14H14ClFN4O/c15-13-5-11(16)10(6-19-13)12-7-20-14(8-18-12)21-9-1-3-17-4-2-9/h5-9,17H,1-4H2. The average molecular weight is 309 g/mol. The van der Waals surface area contributed by atoms with Crippen LogP contribution in [-0.4, -0.2) is 34.1 Å². The highest BCUT2D eigenvalue weighted by atomic mass is 35.5. The van der Waals surface area contributed by atoms with Gasteiger partial charge in [0.1, 0.15) is 17.1 Å². The van der Waals surface area contributed by atoms with Crippen molar-refractivity contribution in [3.8, 4) is 17.1 Å². The van der Waals surface area contributed by atoms with Crippen molar-refractivity contribution in [3.63, 3.8) is 0 Å². The lowest BCUT2D eigenvalue weighted by Crippen LogP contribution is -2.34. The third-order valence-corrected chi connectivity index (χ3v) is 3.50. The minimum Gasteiger partial charge on any atom is -0.473 e. The molecular formula is C14H14ClFN4O. The van der Waals surface area contributed by atoms with E-state index in [9.17, 15) is 4.39 Å². The Morgan fingerprint density at radius 3 is 2.62 bits per heavy atom. The van der Waals surface area contributed by atoms with Crippen molar-refractivity contribution in [2.75, 3.05) is 13.1 Å². The summed E-state index contributed by atoms with van der Waals surface area (Å²) in [5, 5.41) is 3.37. The van der Waals surface area contributed by atoms with Gasteiger partial charge in [0.25, 0.3) is 0 Å². The number of halogens is 2. The molecule has 1 fully saturated rings. The summed E-state index contributed by atoms with van der Waals surface area (Å²) < 4.78 is 19.5. The maximum absolute atomic E-state index is 13.8. The molecule has 7 heteroatoms. The van der Waals surface area contributed by atoms with E-state index in [1.54, 1.807) is 0 Å². The summed E-state index contributed by atoms with van der Waals surface area (Å²) in [4.78, 5) is 12.2. The minimum absolute atomic E-state index is 0.107. The Labute approximate surface area is 126 Å². The Balaban J connectivity index is 1.74. The van der Waals surface area contributed by atoms with Gasteiger partial charge in [-0.3, -0.25) is 0 Å². The van der Waals surface area contributed by atoms with Crippen LogP contribution in [0, 0.1) is 5.82 Å². The number of piperidine rings is 1. The number of rotatable bonds is 3. The Bertz CT molecular complexity index is 617. The van der Waals surface area contributed by atoms with Crippen LogP contribution >= 0.6 is 11.6 Å². The molecule has 0 bridgehead atoms. The topological polar surface area (TPSA) is 59.9 Å². The maximum Gasteiger partial charge on any atom is 0.232 e. The lowest BCUT2D eigenvalue weighted by atomic mass is 10.1. The van der Waals surface area contributed by atoms with Crippen LogP contribution in [0.1, 0.15) is 12.8 Å². The molecule has 1 aliphatic heterocycles. The van der Waals surface area contributed by atoms with Crippen LogP contribution < -0.4 is 10.1 Å². The van der Waals surface area contributed by atoms with Gasteiger partial charge in [-0.05, 0) is 25.9 Å². The van der Waals surface area contributed by atoms with Gasteiger partial charge in [0, 0.05) is 12.3 Å². The quantitative estimate of drug-likeness (QED) is 0.883. The van der Waals surface area contributed by atoms with Gasteiger partial charge in [0.15, 0.2) is 0 Å². The SMILES string of the molecule is Fc1cc(Cl)ncc1-c1cnc(OC2CCNCC2)cn1. The Kier molecular flexibility index (Phi) is 4.26. The molecule has 1 saturated heterocycles. The lowest BCUT2D eigenvalue weighted by Gasteiger charge is -2.22. The second kappa shape index (κ2) is 6.32. The largest absolute Gasteiger partial charge is 0.473 e. The zero-order chi connectivity index (χ0) is 14.7. The number of aromatic nitrogens is 3. The molecule has 0 unspecified atom stereocenters. The van der Waals surface area contributed by atoms with Crippen LogP contribution in [0.5, 0.6) is 5.88 Å². The van der Waals surface area contributed by atoms with Crippen molar-refractivity contribution in [3.05, 3.63) is 35.6 Å². The van der Waals surface area contributed by atoms with Crippen LogP contribution in [0.25, 0.3) is 11.3 Å². The van der Waals surface area contributed by atoms with Gasteiger partial charge in [-0.25, -0.2) is 19.3 Å². The van der Waals surface area contributed by atoms with Gasteiger partial charge in [-0.15, -0.1) is 0 Å². The molecule has 3 heterocycles. The first-order valence-corrected chi connectivity index (χ1v) is 7.11. The summed E-state index contributed by atoms with van der Waals surface area (Å²) in [5.41, 5.74) is 0.662. The first kappa shape index (κ1) is 14.2. The molecule has 0 aliphatic carbocycles. The van der Waals surface area contributed by atoms with E-state index in [4.69, 9.17) is 16.3 Å². The van der Waals surface area contributed by atoms with Gasteiger partial charge in [-0.1, -0.05) is 11.6 Å². The molecule has 0 spiro atoms. The van der Waals surface area contributed by atoms with Crippen LogP contribution in [0.2, 0.25) is 5.15 Å². The number of nitrogens with one attached hydrogen (secondary N) is 1. The Hall–Kier alpha value is -1.79. The van der Waals surface area contributed by atoms with Crippen molar-refractivity contribution in [2.24, 2.45) is 0 Å². The third kappa shape index (κ3) is 3.46. The van der Waals surface area contributed by atoms with E-state index in [0.29, 0.717) is 11.6 Å². The molecular weight excluding hydrogens is 295 g/mol. The lowest BCUT2D eigenvalue weighted by molar-refractivity contribution is 0.155. The van der Waals surface area contributed by atoms with Crippen molar-refractivity contribution < 1.29 is 9.13 Å². The fraction of sp³-hybridized carbons (Fsp3) is 0.357. The summed E-state index contributed by atoms with van der Waals surface area (Å²) in [6, 6.07) is 1.15. The molecule has 1 N–H and O–H groups in total. The highest BCUT2D eigenvalue weighted by Gasteiger charge is 2.15. The van der Waals surface area contributed by atoms with Gasteiger partial charge >= 0.3 is 0 Å². The molecule has 21 heavy (non-hydrogen) atoms. The molecule has 2 aromatic rings. The number of hydrogen-bond acceptors (Lipinski definition) is 5. The van der Waals surface area contributed by atoms with E-state index in [-0.39, 0.29) is 16.8 Å². The van der Waals surface area contributed by atoms with E-state index in [1.807, 2.05) is 0 Å². The fourth-order valence-electron chi connectivity index (χ4n) is 2.20. The van der Waals surface area contributed by atoms with Gasteiger partial charge in [0.05, 0.1) is 23.7 Å². The third-order valence-electron chi connectivity index (χ3n) is 3.30. The molecule has 0 amide bonds. The molecule has 0 radical (unpaired) electrons. The normalized spacial score (nSPS) is 15.9. The number of nitrogens with zero attached hydrogens (tertiary/aromatic N) is 3. The first-order chi connectivity index (χ1) is 10.2. The number of pyridine rings is 1. The zero-order valence-corrected chi connectivity index (χ0v) is 12.0. The van der Waals surface area contributed by atoms with E-state index in [0.717, 1.165) is 32.0 Å². The van der Waals surface area contributed by atoms with E-state index < -0.39 is 5.82 Å². The van der Waals surface area contributed by atoms with Gasteiger partial charge < -0.3 is 10.1 Å². The fourth-order valence-corrected chi connectivity index (χ4v) is 2.34. The maximum atomic E-state index is 13.8. The van der Waals surface area contributed by atoms with Gasteiger partial charge in [-0.2, -0.15) is 0 Å². The summed E-state index contributed by atoms with van der Waals surface area (Å²) in [7, 11) is 0. The summed E-state index contributed by atoms with van der Waals surface area (Å²) in [6.07, 6.45) is 6.36. The summed E-state index contributed by atoms with van der Waals surface area (Å²) >= 11 is 5.63. The molecule has 0 atom stereocenters. The zero-order valence-electron chi connectivity index (χ0n) is 11.2. The molecule has 2 aromatic heterocycles. The predicted octanol–water partition coefficient (Wildman–Crippen LogP) is 2.46. The Morgan fingerprint density at radius 2 is 1.95 bits per heavy atom. The predicted molar refractivity (Wildman–Crippen MR) is 76.8 cm³/mol. The molecule has 5 nitrogen and oxygen atoms in total. The van der Waals surface area contributed by atoms with Crippen LogP contribution in [0.4, 0.5) is 4.39 Å². The summed E-state index contributed by atoms with van der Waals surface area (Å²) in [6.45, 7) is 1.88. The molecule has 110 valence electrons. The second-order valence-corrected chi connectivity index (χ2v) is 5.18. The highest BCUT2D eigenvalue weighted by Crippen LogP contribution is 2.22. The number of hydrogen-bond donors (Lipinski definition) is 1. The van der Waals surface area contributed by atoms with Crippen LogP contribution in [0.15, 0.2) is 24.7 Å². The van der Waals surface area contributed by atoms with Crippen molar-refractivity contribution >= 4 is 11.6 Å². The van der Waals surface area contributed by atoms with E-state index >= 15 is 0 Å².